The number of methoxy groups -OCH3 is 2. The second-order valence-corrected chi connectivity index (χ2v) is 10.6. The van der Waals surface area contributed by atoms with Gasteiger partial charge in [0.2, 0.25) is 0 Å². The molecule has 0 saturated carbocycles. The smallest absolute Gasteiger partial charge is 0.336 e. The van der Waals surface area contributed by atoms with Gasteiger partial charge in [0.1, 0.15) is 5.92 Å². The lowest BCUT2D eigenvalue weighted by atomic mass is 9.85. The summed E-state index contributed by atoms with van der Waals surface area (Å²) in [6.45, 7) is 6.06. The van der Waals surface area contributed by atoms with E-state index in [9.17, 15) is 27.6 Å². The van der Waals surface area contributed by atoms with Gasteiger partial charge in [-0.15, -0.1) is 0 Å². The van der Waals surface area contributed by atoms with Gasteiger partial charge in [-0.1, -0.05) is 6.92 Å². The van der Waals surface area contributed by atoms with Gasteiger partial charge in [0, 0.05) is 23.5 Å². The van der Waals surface area contributed by atoms with Crippen molar-refractivity contribution >= 4 is 33.7 Å². The lowest BCUT2D eigenvalue weighted by Gasteiger charge is -2.34. The molecular weight excluding hydrogens is 468 g/mol. The van der Waals surface area contributed by atoms with E-state index in [0.717, 1.165) is 14.2 Å². The van der Waals surface area contributed by atoms with E-state index in [4.69, 9.17) is 14.2 Å². The summed E-state index contributed by atoms with van der Waals surface area (Å²) in [4.78, 5) is 52.5. The first kappa shape index (κ1) is 27.4. The fourth-order valence-electron chi connectivity index (χ4n) is 4.28. The number of ether oxygens (including phenoxy) is 3. The summed E-state index contributed by atoms with van der Waals surface area (Å²) in [5.41, 5.74) is 0.323. The molecule has 0 aromatic heterocycles. The number of amides is 1. The molecule has 2 aliphatic rings. The summed E-state index contributed by atoms with van der Waals surface area (Å²) in [5, 5.41) is 2.86. The van der Waals surface area contributed by atoms with Crippen molar-refractivity contribution in [2.45, 2.75) is 52.6 Å². The number of nitrogens with zero attached hydrogens (tertiary/aromatic N) is 1. The SMILES string of the molecule is CC[C@H](C)N(C(=O)COC(=O)C1C(C(=O)OC)=C(C)NC(C)=C1C(=O)OC)[C@H]1CCS(=O)(=O)C1. The molecule has 0 unspecified atom stereocenters. The number of allylic oxidation sites excluding steroid dienone is 2. The van der Waals surface area contributed by atoms with Gasteiger partial charge in [-0.3, -0.25) is 9.59 Å². The van der Waals surface area contributed by atoms with Crippen LogP contribution >= 0.6 is 0 Å². The number of sulfone groups is 1. The Morgan fingerprint density at radius 1 is 1.06 bits per heavy atom. The molecule has 2 rings (SSSR count). The van der Waals surface area contributed by atoms with E-state index in [0.29, 0.717) is 24.2 Å². The van der Waals surface area contributed by atoms with Crippen LogP contribution in [0.4, 0.5) is 0 Å². The highest BCUT2D eigenvalue weighted by Crippen LogP contribution is 2.32. The van der Waals surface area contributed by atoms with E-state index in [-0.39, 0.29) is 28.7 Å². The Labute approximate surface area is 199 Å². The number of dihydropyridines is 1. The zero-order valence-electron chi connectivity index (χ0n) is 20.3. The minimum Gasteiger partial charge on any atom is -0.466 e. The van der Waals surface area contributed by atoms with E-state index in [1.165, 1.54) is 4.90 Å². The van der Waals surface area contributed by atoms with E-state index in [2.05, 4.69) is 5.32 Å². The molecule has 2 atom stereocenters. The average molecular weight is 501 g/mol. The molecule has 1 N–H and O–H groups in total. The lowest BCUT2D eigenvalue weighted by Crippen LogP contribution is -2.48. The van der Waals surface area contributed by atoms with Gasteiger partial charge in [-0.05, 0) is 33.6 Å². The van der Waals surface area contributed by atoms with Crippen LogP contribution in [0, 0.1) is 5.92 Å². The van der Waals surface area contributed by atoms with Gasteiger partial charge in [-0.2, -0.15) is 0 Å². The number of hydrogen-bond donors (Lipinski definition) is 1. The van der Waals surface area contributed by atoms with Gasteiger partial charge < -0.3 is 24.4 Å². The molecule has 2 aliphatic heterocycles. The minimum atomic E-state index is -3.24. The Hall–Kier alpha value is -2.89. The number of rotatable bonds is 8. The first-order valence-electron chi connectivity index (χ1n) is 10.9. The van der Waals surface area contributed by atoms with E-state index < -0.39 is 52.2 Å². The number of carbonyl (C=O) groups is 4. The number of esters is 3. The predicted molar refractivity (Wildman–Crippen MR) is 121 cm³/mol. The van der Waals surface area contributed by atoms with Gasteiger partial charge in [-0.25, -0.2) is 18.0 Å². The molecule has 0 aliphatic carbocycles. The molecule has 0 aromatic carbocycles. The largest absolute Gasteiger partial charge is 0.466 e. The van der Waals surface area contributed by atoms with Crippen LogP contribution < -0.4 is 5.32 Å². The summed E-state index contributed by atoms with van der Waals surface area (Å²) in [6, 6.07) is -0.783. The first-order chi connectivity index (χ1) is 15.9. The fraction of sp³-hybridized carbons (Fsp3) is 0.636. The van der Waals surface area contributed by atoms with Gasteiger partial charge in [0.15, 0.2) is 16.4 Å². The van der Waals surface area contributed by atoms with Crippen molar-refractivity contribution in [3.63, 3.8) is 0 Å². The predicted octanol–water partition coefficient (Wildman–Crippen LogP) is 0.457. The van der Waals surface area contributed by atoms with Crippen LogP contribution in [0.2, 0.25) is 0 Å². The Balaban J connectivity index is 2.30. The van der Waals surface area contributed by atoms with Crippen molar-refractivity contribution < 1.29 is 41.8 Å². The second-order valence-electron chi connectivity index (χ2n) is 8.34. The van der Waals surface area contributed by atoms with Crippen LogP contribution in [-0.2, 0) is 43.2 Å². The molecule has 2 heterocycles. The number of carbonyl (C=O) groups excluding carboxylic acids is 4. The molecule has 1 amide bonds. The van der Waals surface area contributed by atoms with E-state index in [1.54, 1.807) is 20.8 Å². The van der Waals surface area contributed by atoms with Crippen molar-refractivity contribution in [2.24, 2.45) is 5.92 Å². The molecule has 1 saturated heterocycles. The normalized spacial score (nSPS) is 20.9. The maximum absolute atomic E-state index is 13.1. The second kappa shape index (κ2) is 11.0. The van der Waals surface area contributed by atoms with Crippen molar-refractivity contribution in [1.82, 2.24) is 10.2 Å². The lowest BCUT2D eigenvalue weighted by molar-refractivity contribution is -0.157. The third-order valence-corrected chi connectivity index (χ3v) is 7.85. The number of hydrogen-bond acceptors (Lipinski definition) is 10. The minimum absolute atomic E-state index is 0.00807. The quantitative estimate of drug-likeness (QED) is 0.368. The average Bonchev–Trinajstić information content (AvgIpc) is 3.14. The van der Waals surface area contributed by atoms with Crippen LogP contribution in [0.5, 0.6) is 0 Å². The summed E-state index contributed by atoms with van der Waals surface area (Å²) < 4.78 is 38.7. The van der Waals surface area contributed by atoms with Crippen LogP contribution in [-0.4, -0.2) is 81.5 Å². The van der Waals surface area contributed by atoms with Gasteiger partial charge in [0.05, 0.1) is 36.9 Å². The highest BCUT2D eigenvalue weighted by Gasteiger charge is 2.43. The molecule has 12 heteroatoms. The highest BCUT2D eigenvalue weighted by molar-refractivity contribution is 7.91. The zero-order valence-corrected chi connectivity index (χ0v) is 21.1. The van der Waals surface area contributed by atoms with Crippen molar-refractivity contribution in [3.05, 3.63) is 22.5 Å². The Morgan fingerprint density at radius 2 is 1.59 bits per heavy atom. The summed E-state index contributed by atoms with van der Waals surface area (Å²) in [5.74, 6) is -4.86. The van der Waals surface area contributed by atoms with E-state index in [1.807, 2.05) is 6.92 Å². The maximum Gasteiger partial charge on any atom is 0.336 e. The monoisotopic (exact) mass is 500 g/mol. The number of nitrogens with one attached hydrogen (secondary N) is 1. The maximum atomic E-state index is 13.1. The standard InChI is InChI=1S/C22H32N2O9S/c1-7-12(2)24(15-8-9-34(29,30)11-15)16(25)10-33-22(28)19-17(20(26)31-5)13(3)23-14(4)18(19)21(27)32-6/h12,15,19,23H,7-11H2,1-6H3/t12-,15-/m0/s1. The van der Waals surface area contributed by atoms with E-state index >= 15 is 0 Å². The Kier molecular flexibility index (Phi) is 8.87. The molecule has 1 fully saturated rings. The summed E-state index contributed by atoms with van der Waals surface area (Å²) in [7, 11) is -0.967. The molecule has 11 nitrogen and oxygen atoms in total. The van der Waals surface area contributed by atoms with Crippen LogP contribution in [0.25, 0.3) is 0 Å². The molecule has 34 heavy (non-hydrogen) atoms. The molecule has 0 aromatic rings. The zero-order chi connectivity index (χ0) is 25.8. The van der Waals surface area contributed by atoms with Gasteiger partial charge in [0.25, 0.3) is 5.91 Å². The van der Waals surface area contributed by atoms with Crippen molar-refractivity contribution in [2.75, 3.05) is 32.3 Å². The van der Waals surface area contributed by atoms with Crippen molar-refractivity contribution in [1.29, 1.82) is 0 Å². The van der Waals surface area contributed by atoms with Crippen LogP contribution in [0.3, 0.4) is 0 Å². The fourth-order valence-corrected chi connectivity index (χ4v) is 5.99. The van der Waals surface area contributed by atoms with Crippen LogP contribution in [0.15, 0.2) is 22.5 Å². The van der Waals surface area contributed by atoms with Crippen molar-refractivity contribution in [3.8, 4) is 0 Å². The molecule has 190 valence electrons. The summed E-state index contributed by atoms with van der Waals surface area (Å²) in [6.07, 6.45) is 0.886. The first-order valence-corrected chi connectivity index (χ1v) is 12.7. The third-order valence-electron chi connectivity index (χ3n) is 6.10. The topological polar surface area (TPSA) is 145 Å². The Bertz CT molecular complexity index is 991. The van der Waals surface area contributed by atoms with Crippen LogP contribution in [0.1, 0.15) is 40.5 Å². The Morgan fingerprint density at radius 3 is 2.00 bits per heavy atom. The van der Waals surface area contributed by atoms with Gasteiger partial charge >= 0.3 is 17.9 Å². The third kappa shape index (κ3) is 5.78. The molecule has 0 radical (unpaired) electrons. The highest BCUT2D eigenvalue weighted by atomic mass is 32.2. The molecule has 0 spiro atoms. The molecular formula is C22H32N2O9S. The molecule has 0 bridgehead atoms. The summed E-state index contributed by atoms with van der Waals surface area (Å²) >= 11 is 0.